The third-order valence-corrected chi connectivity index (χ3v) is 1.72. The summed E-state index contributed by atoms with van der Waals surface area (Å²) in [7, 11) is 1.59. The predicted molar refractivity (Wildman–Crippen MR) is 58.1 cm³/mol. The fraction of sp³-hybridized carbons (Fsp3) is 0.250. The number of anilines is 2. The van der Waals surface area contributed by atoms with Crippen LogP contribution >= 0.6 is 0 Å². The number of nitrogens with one attached hydrogen (secondary N) is 2. The zero-order chi connectivity index (χ0) is 12.1. The fourth-order valence-corrected chi connectivity index (χ4v) is 1.02. The highest BCUT2D eigenvalue weighted by atomic mass is 16.6. The Hall–Kier alpha value is -2.38. The van der Waals surface area contributed by atoms with E-state index in [-0.39, 0.29) is 18.1 Å². The Labute approximate surface area is 91.0 Å². The van der Waals surface area contributed by atoms with Gasteiger partial charge in [0.05, 0.1) is 23.6 Å². The number of amides is 1. The number of hydrogen-bond acceptors (Lipinski definition) is 6. The van der Waals surface area contributed by atoms with E-state index < -0.39 is 10.8 Å². The number of pyridine rings is 1. The molecule has 0 fully saturated rings. The van der Waals surface area contributed by atoms with E-state index in [1.807, 2.05) is 0 Å². The summed E-state index contributed by atoms with van der Waals surface area (Å²) in [6.07, 6.45) is 0. The van der Waals surface area contributed by atoms with Gasteiger partial charge in [-0.2, -0.15) is 0 Å². The van der Waals surface area contributed by atoms with E-state index >= 15 is 0 Å². The van der Waals surface area contributed by atoms with Gasteiger partial charge in [0.25, 0.3) is 5.69 Å². The van der Waals surface area contributed by atoms with Crippen LogP contribution in [0.3, 0.4) is 0 Å². The Morgan fingerprint density at radius 1 is 1.56 bits per heavy atom. The van der Waals surface area contributed by atoms with Crippen LogP contribution in [0.25, 0.3) is 0 Å². The molecular formula is C8H11N5O3. The minimum atomic E-state index is -0.570. The molecule has 8 nitrogen and oxygen atoms in total. The molecule has 0 saturated carbocycles. The molecule has 86 valence electrons. The first kappa shape index (κ1) is 11.7. The monoisotopic (exact) mass is 225 g/mol. The second-order valence-electron chi connectivity index (χ2n) is 2.92. The number of primary amides is 1. The van der Waals surface area contributed by atoms with Crippen molar-refractivity contribution < 1.29 is 9.72 Å². The lowest BCUT2D eigenvalue weighted by Crippen LogP contribution is -2.22. The van der Waals surface area contributed by atoms with E-state index in [1.54, 1.807) is 7.05 Å². The molecule has 0 bridgehead atoms. The van der Waals surface area contributed by atoms with Crippen LogP contribution < -0.4 is 16.4 Å². The first-order chi connectivity index (χ1) is 7.52. The summed E-state index contributed by atoms with van der Waals surface area (Å²) in [5, 5.41) is 15.9. The molecule has 0 unspecified atom stereocenters. The van der Waals surface area contributed by atoms with Gasteiger partial charge >= 0.3 is 0 Å². The van der Waals surface area contributed by atoms with Gasteiger partial charge in [-0.25, -0.2) is 4.98 Å². The summed E-state index contributed by atoms with van der Waals surface area (Å²) in [6, 6.07) is 2.51. The molecule has 0 radical (unpaired) electrons. The molecule has 4 N–H and O–H groups in total. The van der Waals surface area contributed by atoms with Crippen LogP contribution in [0.1, 0.15) is 0 Å². The second kappa shape index (κ2) is 4.91. The van der Waals surface area contributed by atoms with Crippen molar-refractivity contribution in [2.24, 2.45) is 5.73 Å². The van der Waals surface area contributed by atoms with Crippen LogP contribution in [-0.4, -0.2) is 29.4 Å². The van der Waals surface area contributed by atoms with Gasteiger partial charge in [0, 0.05) is 7.05 Å². The first-order valence-corrected chi connectivity index (χ1v) is 4.39. The normalized spacial score (nSPS) is 9.56. The highest BCUT2D eigenvalue weighted by molar-refractivity contribution is 5.78. The molecule has 1 heterocycles. The predicted octanol–water partition coefficient (Wildman–Crippen LogP) is -0.0713. The number of hydrogen-bond donors (Lipinski definition) is 3. The summed E-state index contributed by atoms with van der Waals surface area (Å²) >= 11 is 0. The van der Waals surface area contributed by atoms with Crippen LogP contribution in [0.4, 0.5) is 17.3 Å². The van der Waals surface area contributed by atoms with Crippen LogP contribution in [-0.2, 0) is 4.79 Å². The van der Waals surface area contributed by atoms with Crippen molar-refractivity contribution in [1.82, 2.24) is 4.98 Å². The first-order valence-electron chi connectivity index (χ1n) is 4.39. The van der Waals surface area contributed by atoms with Crippen molar-refractivity contribution >= 4 is 23.2 Å². The maximum atomic E-state index is 10.6. The molecular weight excluding hydrogens is 214 g/mol. The van der Waals surface area contributed by atoms with Gasteiger partial charge in [0.1, 0.15) is 11.6 Å². The molecule has 1 aromatic heterocycles. The molecule has 16 heavy (non-hydrogen) atoms. The SMILES string of the molecule is CNc1cc([N+](=O)[O-])cc(NCC(N)=O)n1. The number of carbonyl (C=O) groups excluding carboxylic acids is 1. The van der Waals surface area contributed by atoms with Gasteiger partial charge in [-0.3, -0.25) is 14.9 Å². The number of nitrogens with zero attached hydrogens (tertiary/aromatic N) is 2. The van der Waals surface area contributed by atoms with E-state index in [2.05, 4.69) is 15.6 Å². The third kappa shape index (κ3) is 3.08. The van der Waals surface area contributed by atoms with Crippen LogP contribution in [0.15, 0.2) is 12.1 Å². The quantitative estimate of drug-likeness (QED) is 0.476. The molecule has 0 aliphatic carbocycles. The number of carbonyl (C=O) groups is 1. The molecule has 1 aromatic rings. The average molecular weight is 225 g/mol. The average Bonchev–Trinajstić information content (AvgIpc) is 2.25. The van der Waals surface area contributed by atoms with Crippen molar-refractivity contribution in [1.29, 1.82) is 0 Å². The van der Waals surface area contributed by atoms with Gasteiger partial charge in [0.15, 0.2) is 0 Å². The molecule has 0 saturated heterocycles. The Morgan fingerprint density at radius 3 is 2.69 bits per heavy atom. The third-order valence-electron chi connectivity index (χ3n) is 1.72. The van der Waals surface area contributed by atoms with E-state index in [1.165, 1.54) is 12.1 Å². The van der Waals surface area contributed by atoms with E-state index in [0.717, 1.165) is 0 Å². The molecule has 0 aliphatic rings. The molecule has 0 atom stereocenters. The Kier molecular flexibility index (Phi) is 3.59. The zero-order valence-corrected chi connectivity index (χ0v) is 8.56. The Bertz CT molecular complexity index is 420. The minimum absolute atomic E-state index is 0.119. The summed E-state index contributed by atoms with van der Waals surface area (Å²) in [5.74, 6) is -0.0159. The lowest BCUT2D eigenvalue weighted by molar-refractivity contribution is -0.384. The van der Waals surface area contributed by atoms with Gasteiger partial charge in [-0.05, 0) is 0 Å². The van der Waals surface area contributed by atoms with Crippen molar-refractivity contribution in [2.75, 3.05) is 24.2 Å². The van der Waals surface area contributed by atoms with Crippen LogP contribution in [0, 0.1) is 10.1 Å². The van der Waals surface area contributed by atoms with Crippen molar-refractivity contribution in [2.45, 2.75) is 0 Å². The summed E-state index contributed by atoms with van der Waals surface area (Å²) < 4.78 is 0. The maximum Gasteiger partial charge on any atom is 0.276 e. The van der Waals surface area contributed by atoms with Crippen molar-refractivity contribution in [3.63, 3.8) is 0 Å². The van der Waals surface area contributed by atoms with Crippen molar-refractivity contribution in [3.8, 4) is 0 Å². The van der Waals surface area contributed by atoms with E-state index in [0.29, 0.717) is 5.82 Å². The summed E-state index contributed by atoms with van der Waals surface area (Å²) in [5.41, 5.74) is 4.81. The van der Waals surface area contributed by atoms with E-state index in [4.69, 9.17) is 5.73 Å². The molecule has 0 spiro atoms. The van der Waals surface area contributed by atoms with Gasteiger partial charge in [0.2, 0.25) is 5.91 Å². The Morgan fingerprint density at radius 2 is 2.19 bits per heavy atom. The van der Waals surface area contributed by atoms with Gasteiger partial charge in [-0.1, -0.05) is 0 Å². The van der Waals surface area contributed by atoms with Crippen LogP contribution in [0.2, 0.25) is 0 Å². The lowest BCUT2D eigenvalue weighted by Gasteiger charge is -2.05. The smallest absolute Gasteiger partial charge is 0.276 e. The number of nitro groups is 1. The lowest BCUT2D eigenvalue weighted by atomic mass is 10.3. The molecule has 1 rings (SSSR count). The highest BCUT2D eigenvalue weighted by Gasteiger charge is 2.10. The van der Waals surface area contributed by atoms with Gasteiger partial charge < -0.3 is 16.4 Å². The molecule has 0 aromatic carbocycles. The van der Waals surface area contributed by atoms with Gasteiger partial charge in [-0.15, -0.1) is 0 Å². The number of nitrogens with two attached hydrogens (primary N) is 1. The van der Waals surface area contributed by atoms with Crippen LogP contribution in [0.5, 0.6) is 0 Å². The van der Waals surface area contributed by atoms with E-state index in [9.17, 15) is 14.9 Å². The maximum absolute atomic E-state index is 10.6. The standard InChI is InChI=1S/C8H11N5O3/c1-10-7-2-5(13(15)16)3-8(12-7)11-4-6(9)14/h2-3H,4H2,1H3,(H2,9,14)(H2,10,11,12). The topological polar surface area (TPSA) is 123 Å². The summed E-state index contributed by atoms with van der Waals surface area (Å²) in [4.78, 5) is 24.5. The fourth-order valence-electron chi connectivity index (χ4n) is 1.02. The highest BCUT2D eigenvalue weighted by Crippen LogP contribution is 2.19. The Balaban J connectivity index is 2.95. The number of aromatic nitrogens is 1. The minimum Gasteiger partial charge on any atom is -0.373 e. The zero-order valence-electron chi connectivity index (χ0n) is 8.56. The van der Waals surface area contributed by atoms with Crippen molar-refractivity contribution in [3.05, 3.63) is 22.2 Å². The number of rotatable bonds is 5. The largest absolute Gasteiger partial charge is 0.373 e. The molecule has 1 amide bonds. The summed E-state index contributed by atoms with van der Waals surface area (Å²) in [6.45, 7) is -0.128. The molecule has 0 aliphatic heterocycles. The molecule has 8 heteroatoms. The second-order valence-corrected chi connectivity index (χ2v) is 2.92.